The van der Waals surface area contributed by atoms with Gasteiger partial charge in [-0.1, -0.05) is 32.0 Å². The van der Waals surface area contributed by atoms with Crippen molar-refractivity contribution in [1.82, 2.24) is 21.1 Å². The fourth-order valence-corrected chi connectivity index (χ4v) is 5.74. The van der Waals surface area contributed by atoms with E-state index in [1.165, 1.54) is 12.1 Å². The number of benzene rings is 2. The second-order valence-corrected chi connectivity index (χ2v) is 10.9. The van der Waals surface area contributed by atoms with Crippen LogP contribution in [0.3, 0.4) is 0 Å². The molecule has 8 nitrogen and oxygen atoms in total. The van der Waals surface area contributed by atoms with Gasteiger partial charge in [0, 0.05) is 17.5 Å². The highest BCUT2D eigenvalue weighted by atomic mass is 19.1. The Balaban J connectivity index is 1.43. The molecule has 2 aromatic rings. The molecule has 0 radical (unpaired) electrons. The minimum absolute atomic E-state index is 0.0246. The van der Waals surface area contributed by atoms with E-state index in [0.29, 0.717) is 24.0 Å². The maximum Gasteiger partial charge on any atom is 0.251 e. The lowest BCUT2D eigenvalue weighted by Crippen LogP contribution is -2.52. The van der Waals surface area contributed by atoms with E-state index in [2.05, 4.69) is 16.2 Å². The fourth-order valence-electron chi connectivity index (χ4n) is 5.74. The van der Waals surface area contributed by atoms with E-state index in [1.54, 1.807) is 29.2 Å². The highest BCUT2D eigenvalue weighted by Crippen LogP contribution is 2.39. The molecular weight excluding hydrogens is 487 g/mol. The molecule has 2 heterocycles. The number of likely N-dealkylation sites (tertiary alicyclic amines) is 1. The zero-order valence-corrected chi connectivity index (χ0v) is 22.3. The molecule has 9 heteroatoms. The Hall–Kier alpha value is -3.30. The third kappa shape index (κ3) is 6.05. The van der Waals surface area contributed by atoms with E-state index in [1.807, 2.05) is 33.8 Å². The number of aliphatic hydroxyl groups excluding tert-OH is 1. The number of carbonyl (C=O) groups excluding carboxylic acids is 3. The number of amides is 3. The summed E-state index contributed by atoms with van der Waals surface area (Å²) in [5.74, 6) is -1.32. The lowest BCUT2D eigenvalue weighted by molar-refractivity contribution is -0.135. The van der Waals surface area contributed by atoms with E-state index >= 15 is 0 Å². The minimum Gasteiger partial charge on any atom is -0.391 e. The van der Waals surface area contributed by atoms with Gasteiger partial charge in [0.15, 0.2) is 0 Å². The van der Waals surface area contributed by atoms with E-state index in [0.717, 1.165) is 17.5 Å². The molecule has 2 aromatic carbocycles. The lowest BCUT2D eigenvalue weighted by atomic mass is 9.89. The second kappa shape index (κ2) is 11.6. The molecule has 2 aliphatic rings. The second-order valence-electron chi connectivity index (χ2n) is 10.9. The number of nitrogens with one attached hydrogen (secondary N) is 3. The van der Waals surface area contributed by atoms with Crippen molar-refractivity contribution < 1.29 is 23.9 Å². The van der Waals surface area contributed by atoms with Gasteiger partial charge in [0.2, 0.25) is 11.8 Å². The monoisotopic (exact) mass is 524 g/mol. The van der Waals surface area contributed by atoms with Gasteiger partial charge in [-0.3, -0.25) is 19.8 Å². The average molecular weight is 525 g/mol. The first kappa shape index (κ1) is 27.7. The summed E-state index contributed by atoms with van der Waals surface area (Å²) in [4.78, 5) is 40.1. The molecule has 2 saturated heterocycles. The summed E-state index contributed by atoms with van der Waals surface area (Å²) in [5, 5.41) is 13.5. The first-order valence-electron chi connectivity index (χ1n) is 13.2. The standard InChI is InChI=1S/C29H37FN4O4/c1-16(2)27-25(35)14-24(20-6-5-7-23(30)13-20)34(27)26(36)15-31-28(37)21-9-8-19(17(3)10-21)12-22-11-18(4)32-33-29(22)38/h5-10,13,16,18,22,24-25,27,32,35H,11-12,14-15H2,1-4H3,(H,31,37)(H,33,38)/t18?,22?,24-,25+,27-/m0/s1. The molecule has 3 amide bonds. The molecular formula is C29H37FN4O4. The number of hydrogen-bond acceptors (Lipinski definition) is 5. The van der Waals surface area contributed by atoms with Crippen molar-refractivity contribution in [2.75, 3.05) is 6.54 Å². The summed E-state index contributed by atoms with van der Waals surface area (Å²) >= 11 is 0. The highest BCUT2D eigenvalue weighted by molar-refractivity contribution is 5.96. The summed E-state index contributed by atoms with van der Waals surface area (Å²) in [6.07, 6.45) is 0.873. The maximum absolute atomic E-state index is 13.9. The Morgan fingerprint density at radius 2 is 1.95 bits per heavy atom. The van der Waals surface area contributed by atoms with Crippen molar-refractivity contribution in [3.05, 3.63) is 70.5 Å². The van der Waals surface area contributed by atoms with Crippen LogP contribution in [-0.4, -0.2) is 52.5 Å². The molecule has 2 aliphatic heterocycles. The summed E-state index contributed by atoms with van der Waals surface area (Å²) in [5.41, 5.74) is 8.59. The molecule has 0 aromatic heterocycles. The Labute approximate surface area is 223 Å². The van der Waals surface area contributed by atoms with Crippen molar-refractivity contribution in [3.8, 4) is 0 Å². The third-order valence-electron chi connectivity index (χ3n) is 7.64. The summed E-state index contributed by atoms with van der Waals surface area (Å²) in [7, 11) is 0. The van der Waals surface area contributed by atoms with Gasteiger partial charge in [-0.15, -0.1) is 0 Å². The molecule has 38 heavy (non-hydrogen) atoms. The van der Waals surface area contributed by atoms with Gasteiger partial charge in [0.1, 0.15) is 5.82 Å². The van der Waals surface area contributed by atoms with E-state index in [9.17, 15) is 23.9 Å². The Kier molecular flexibility index (Phi) is 8.47. The van der Waals surface area contributed by atoms with Crippen LogP contribution in [0, 0.1) is 24.6 Å². The van der Waals surface area contributed by atoms with Crippen LogP contribution in [-0.2, 0) is 16.0 Å². The van der Waals surface area contributed by atoms with Crippen LogP contribution in [0.2, 0.25) is 0 Å². The predicted octanol–water partition coefficient (Wildman–Crippen LogP) is 2.79. The van der Waals surface area contributed by atoms with Gasteiger partial charge in [0.25, 0.3) is 5.91 Å². The third-order valence-corrected chi connectivity index (χ3v) is 7.64. The summed E-state index contributed by atoms with van der Waals surface area (Å²) < 4.78 is 13.9. The van der Waals surface area contributed by atoms with Gasteiger partial charge >= 0.3 is 0 Å². The lowest BCUT2D eigenvalue weighted by Gasteiger charge is -2.33. The highest BCUT2D eigenvalue weighted by Gasteiger charge is 2.45. The van der Waals surface area contributed by atoms with E-state index in [4.69, 9.17) is 0 Å². The number of halogens is 1. The van der Waals surface area contributed by atoms with Crippen LogP contribution in [0.5, 0.6) is 0 Å². The normalized spacial score (nSPS) is 25.4. The molecule has 0 aliphatic carbocycles. The Bertz CT molecular complexity index is 1200. The number of rotatable bonds is 7. The zero-order valence-electron chi connectivity index (χ0n) is 22.3. The van der Waals surface area contributed by atoms with Gasteiger partial charge in [0.05, 0.1) is 24.7 Å². The number of aryl methyl sites for hydroxylation is 1. The maximum atomic E-state index is 13.9. The summed E-state index contributed by atoms with van der Waals surface area (Å²) in [6.45, 7) is 7.54. The first-order chi connectivity index (χ1) is 18.0. The van der Waals surface area contributed by atoms with Gasteiger partial charge < -0.3 is 15.3 Å². The first-order valence-corrected chi connectivity index (χ1v) is 13.2. The zero-order chi connectivity index (χ0) is 27.6. The van der Waals surface area contributed by atoms with Crippen LogP contribution >= 0.6 is 0 Å². The van der Waals surface area contributed by atoms with Crippen molar-refractivity contribution in [3.63, 3.8) is 0 Å². The Morgan fingerprint density at radius 3 is 2.63 bits per heavy atom. The molecule has 2 fully saturated rings. The van der Waals surface area contributed by atoms with Crippen molar-refractivity contribution >= 4 is 17.7 Å². The van der Waals surface area contributed by atoms with Crippen LogP contribution in [0.4, 0.5) is 4.39 Å². The number of aliphatic hydroxyl groups is 1. The number of hydrogen-bond donors (Lipinski definition) is 4. The summed E-state index contributed by atoms with van der Waals surface area (Å²) in [6, 6.07) is 10.7. The van der Waals surface area contributed by atoms with E-state index in [-0.39, 0.29) is 42.1 Å². The largest absolute Gasteiger partial charge is 0.391 e. The molecule has 0 bridgehead atoms. The van der Waals surface area contributed by atoms with Gasteiger partial charge in [-0.05, 0) is 80.0 Å². The Morgan fingerprint density at radius 1 is 1.18 bits per heavy atom. The molecule has 0 saturated carbocycles. The van der Waals surface area contributed by atoms with Crippen molar-refractivity contribution in [1.29, 1.82) is 0 Å². The van der Waals surface area contributed by atoms with Crippen LogP contribution in [0.1, 0.15) is 66.7 Å². The minimum atomic E-state index is -0.747. The van der Waals surface area contributed by atoms with Crippen molar-refractivity contribution in [2.45, 2.75) is 71.2 Å². The van der Waals surface area contributed by atoms with Crippen LogP contribution in [0.25, 0.3) is 0 Å². The SMILES string of the molecule is Cc1cc(C(=O)NCC(=O)N2[C@H](c3cccc(F)c3)C[C@@H](O)[C@@H]2C(C)C)ccc1CC1CC(C)NNC1=O. The number of hydrazine groups is 1. The van der Waals surface area contributed by atoms with Gasteiger partial charge in [-0.25, -0.2) is 9.82 Å². The van der Waals surface area contributed by atoms with Crippen LogP contribution in [0.15, 0.2) is 42.5 Å². The number of carbonyl (C=O) groups is 3. The molecule has 0 spiro atoms. The molecule has 204 valence electrons. The molecule has 4 N–H and O–H groups in total. The van der Waals surface area contributed by atoms with Crippen molar-refractivity contribution in [2.24, 2.45) is 11.8 Å². The van der Waals surface area contributed by atoms with Crippen LogP contribution < -0.4 is 16.2 Å². The smallest absolute Gasteiger partial charge is 0.251 e. The van der Waals surface area contributed by atoms with Gasteiger partial charge in [-0.2, -0.15) is 0 Å². The number of nitrogens with zero attached hydrogens (tertiary/aromatic N) is 1. The van der Waals surface area contributed by atoms with E-state index < -0.39 is 24.0 Å². The predicted molar refractivity (Wildman–Crippen MR) is 141 cm³/mol. The topological polar surface area (TPSA) is 111 Å². The molecule has 2 unspecified atom stereocenters. The fraction of sp³-hybridized carbons (Fsp3) is 0.483. The average Bonchev–Trinajstić information content (AvgIpc) is 3.23. The quantitative estimate of drug-likeness (QED) is 0.445. The molecule has 4 rings (SSSR count). The molecule has 5 atom stereocenters.